The first-order valence-corrected chi connectivity index (χ1v) is 9.71. The van der Waals surface area contributed by atoms with E-state index in [-0.39, 0.29) is 12.3 Å². The highest BCUT2D eigenvalue weighted by atomic mass is 32.1. The number of hydrogen-bond acceptors (Lipinski definition) is 5. The summed E-state index contributed by atoms with van der Waals surface area (Å²) < 4.78 is 0. The summed E-state index contributed by atoms with van der Waals surface area (Å²) in [6.45, 7) is 0. The van der Waals surface area contributed by atoms with Crippen LogP contribution in [0.1, 0.15) is 16.1 Å². The molecular weight excluding hydrogens is 386 g/mol. The fourth-order valence-electron chi connectivity index (χ4n) is 3.04. The van der Waals surface area contributed by atoms with Crippen molar-refractivity contribution < 1.29 is 9.59 Å². The van der Waals surface area contributed by atoms with Gasteiger partial charge in [0.1, 0.15) is 10.7 Å². The Kier molecular flexibility index (Phi) is 5.17. The standard InChI is InChI=1S/C21H17N5O2S/c22-20(28)15(13-4-2-1-3-5-13)10-14-12-25-21-19(14)16(6-7-24-21)26-17(27)11-18-23-8-9-29-18/h1-10,12H,11H2,(H2,22,28)(H2,24,25,26,27). The predicted molar refractivity (Wildman–Crippen MR) is 114 cm³/mol. The zero-order valence-corrected chi connectivity index (χ0v) is 16.1. The van der Waals surface area contributed by atoms with Crippen LogP contribution in [0.25, 0.3) is 22.7 Å². The van der Waals surface area contributed by atoms with Crippen molar-refractivity contribution in [2.24, 2.45) is 5.73 Å². The Balaban J connectivity index is 1.72. The molecule has 4 N–H and O–H groups in total. The Hall–Kier alpha value is -3.78. The second-order valence-corrected chi connectivity index (χ2v) is 7.24. The Morgan fingerprint density at radius 2 is 1.97 bits per heavy atom. The molecule has 0 saturated heterocycles. The molecule has 0 unspecified atom stereocenters. The first kappa shape index (κ1) is 18.6. The summed E-state index contributed by atoms with van der Waals surface area (Å²) in [5, 5.41) is 6.19. The van der Waals surface area contributed by atoms with Gasteiger partial charge < -0.3 is 16.0 Å². The van der Waals surface area contributed by atoms with Crippen molar-refractivity contribution in [1.29, 1.82) is 0 Å². The minimum atomic E-state index is -0.538. The SMILES string of the molecule is NC(=O)C(=Cc1c[nH]c2nccc(NC(=O)Cc3nccs3)c12)c1ccccc1. The van der Waals surface area contributed by atoms with E-state index in [0.717, 1.165) is 5.01 Å². The number of aromatic nitrogens is 3. The molecule has 0 aliphatic rings. The third-order valence-electron chi connectivity index (χ3n) is 4.32. The van der Waals surface area contributed by atoms with Crippen LogP contribution in [0.5, 0.6) is 0 Å². The Morgan fingerprint density at radius 1 is 1.14 bits per heavy atom. The van der Waals surface area contributed by atoms with Gasteiger partial charge in [-0.1, -0.05) is 30.3 Å². The normalized spacial score (nSPS) is 11.5. The summed E-state index contributed by atoms with van der Waals surface area (Å²) in [7, 11) is 0. The molecule has 144 valence electrons. The van der Waals surface area contributed by atoms with Gasteiger partial charge in [-0.25, -0.2) is 9.97 Å². The number of nitrogens with zero attached hydrogens (tertiary/aromatic N) is 2. The van der Waals surface area contributed by atoms with E-state index in [2.05, 4.69) is 20.3 Å². The number of H-pyrrole nitrogens is 1. The first-order chi connectivity index (χ1) is 14.1. The minimum Gasteiger partial charge on any atom is -0.366 e. The van der Waals surface area contributed by atoms with Crippen LogP contribution in [0.15, 0.2) is 60.4 Å². The maximum atomic E-state index is 12.4. The van der Waals surface area contributed by atoms with Gasteiger partial charge in [-0.15, -0.1) is 11.3 Å². The van der Waals surface area contributed by atoms with Crippen molar-refractivity contribution in [3.63, 3.8) is 0 Å². The highest BCUT2D eigenvalue weighted by molar-refractivity contribution is 7.09. The van der Waals surface area contributed by atoms with Crippen LogP contribution in [0.2, 0.25) is 0 Å². The largest absolute Gasteiger partial charge is 0.366 e. The first-order valence-electron chi connectivity index (χ1n) is 8.83. The van der Waals surface area contributed by atoms with Gasteiger partial charge in [-0.05, 0) is 17.7 Å². The number of nitrogens with one attached hydrogen (secondary N) is 2. The highest BCUT2D eigenvalue weighted by Crippen LogP contribution is 2.29. The van der Waals surface area contributed by atoms with Gasteiger partial charge in [-0.2, -0.15) is 0 Å². The van der Waals surface area contributed by atoms with Crippen molar-refractivity contribution >= 4 is 51.5 Å². The van der Waals surface area contributed by atoms with Crippen molar-refractivity contribution in [2.75, 3.05) is 5.32 Å². The van der Waals surface area contributed by atoms with Crippen molar-refractivity contribution in [1.82, 2.24) is 15.0 Å². The lowest BCUT2D eigenvalue weighted by molar-refractivity contribution is -0.115. The number of pyridine rings is 1. The van der Waals surface area contributed by atoms with E-state index in [1.54, 1.807) is 30.7 Å². The molecule has 29 heavy (non-hydrogen) atoms. The Bertz CT molecular complexity index is 1200. The number of thiazole rings is 1. The van der Waals surface area contributed by atoms with Crippen LogP contribution < -0.4 is 11.1 Å². The van der Waals surface area contributed by atoms with E-state index in [0.29, 0.717) is 33.4 Å². The smallest absolute Gasteiger partial charge is 0.249 e. The van der Waals surface area contributed by atoms with E-state index < -0.39 is 5.91 Å². The molecule has 2 amide bonds. The molecule has 4 aromatic rings. The summed E-state index contributed by atoms with van der Waals surface area (Å²) in [4.78, 5) is 36.0. The van der Waals surface area contributed by atoms with Gasteiger partial charge in [0, 0.05) is 40.5 Å². The van der Waals surface area contributed by atoms with E-state index in [1.807, 2.05) is 35.7 Å². The molecule has 1 aromatic carbocycles. The lowest BCUT2D eigenvalue weighted by Crippen LogP contribution is -2.14. The molecule has 0 fully saturated rings. The average molecular weight is 403 g/mol. The summed E-state index contributed by atoms with van der Waals surface area (Å²) in [6, 6.07) is 10.9. The van der Waals surface area contributed by atoms with Crippen LogP contribution >= 0.6 is 11.3 Å². The Labute approximate surface area is 170 Å². The molecule has 0 radical (unpaired) electrons. The number of carbonyl (C=O) groups is 2. The average Bonchev–Trinajstić information content (AvgIpc) is 3.37. The molecule has 8 heteroatoms. The van der Waals surface area contributed by atoms with E-state index in [4.69, 9.17) is 5.73 Å². The van der Waals surface area contributed by atoms with Crippen LogP contribution in [0.3, 0.4) is 0 Å². The molecular formula is C21H17N5O2S. The van der Waals surface area contributed by atoms with Gasteiger partial charge in [0.05, 0.1) is 12.1 Å². The number of rotatable bonds is 6. The van der Waals surface area contributed by atoms with Crippen molar-refractivity contribution in [3.8, 4) is 0 Å². The summed E-state index contributed by atoms with van der Waals surface area (Å²) in [6.07, 6.45) is 6.90. The quantitative estimate of drug-likeness (QED) is 0.429. The molecule has 7 nitrogen and oxygen atoms in total. The molecule has 0 aliphatic heterocycles. The fourth-order valence-corrected chi connectivity index (χ4v) is 3.66. The number of anilines is 1. The van der Waals surface area contributed by atoms with Crippen molar-refractivity contribution in [3.05, 3.63) is 76.5 Å². The number of benzene rings is 1. The third kappa shape index (κ3) is 4.07. The molecule has 0 spiro atoms. The lowest BCUT2D eigenvalue weighted by atomic mass is 10.0. The fraction of sp³-hybridized carbons (Fsp3) is 0.0476. The maximum Gasteiger partial charge on any atom is 0.249 e. The monoisotopic (exact) mass is 403 g/mol. The molecule has 0 saturated carbocycles. The molecule has 0 aliphatic carbocycles. The predicted octanol–water partition coefficient (Wildman–Crippen LogP) is 3.23. The molecule has 0 bridgehead atoms. The maximum absolute atomic E-state index is 12.4. The number of carbonyl (C=O) groups excluding carboxylic acids is 2. The minimum absolute atomic E-state index is 0.179. The van der Waals surface area contributed by atoms with Gasteiger partial charge >= 0.3 is 0 Å². The van der Waals surface area contributed by atoms with Gasteiger partial charge in [0.25, 0.3) is 0 Å². The third-order valence-corrected chi connectivity index (χ3v) is 5.10. The van der Waals surface area contributed by atoms with Crippen LogP contribution in [-0.2, 0) is 16.0 Å². The second-order valence-electron chi connectivity index (χ2n) is 6.27. The van der Waals surface area contributed by atoms with E-state index in [1.165, 1.54) is 11.3 Å². The molecule has 3 heterocycles. The zero-order valence-electron chi connectivity index (χ0n) is 15.3. The number of amides is 2. The second kappa shape index (κ2) is 8.07. The van der Waals surface area contributed by atoms with Crippen LogP contribution in [0.4, 0.5) is 5.69 Å². The van der Waals surface area contributed by atoms with Gasteiger partial charge in [0.15, 0.2) is 0 Å². The van der Waals surface area contributed by atoms with Gasteiger partial charge in [0.2, 0.25) is 11.8 Å². The molecule has 3 aromatic heterocycles. The van der Waals surface area contributed by atoms with Gasteiger partial charge in [-0.3, -0.25) is 9.59 Å². The number of nitrogens with two attached hydrogens (primary N) is 1. The lowest BCUT2D eigenvalue weighted by Gasteiger charge is -2.07. The zero-order chi connectivity index (χ0) is 20.2. The summed E-state index contributed by atoms with van der Waals surface area (Å²) in [5.74, 6) is -0.717. The number of primary amides is 1. The summed E-state index contributed by atoms with van der Waals surface area (Å²) >= 11 is 1.43. The highest BCUT2D eigenvalue weighted by Gasteiger charge is 2.15. The van der Waals surface area contributed by atoms with Crippen molar-refractivity contribution in [2.45, 2.75) is 6.42 Å². The van der Waals surface area contributed by atoms with Crippen LogP contribution in [-0.4, -0.2) is 26.8 Å². The van der Waals surface area contributed by atoms with Crippen LogP contribution in [0, 0.1) is 0 Å². The number of aromatic amines is 1. The number of fused-ring (bicyclic) bond motifs is 1. The van der Waals surface area contributed by atoms with E-state index in [9.17, 15) is 9.59 Å². The summed E-state index contributed by atoms with van der Waals surface area (Å²) in [5.41, 5.74) is 8.60. The molecule has 4 rings (SSSR count). The Morgan fingerprint density at radius 3 is 2.69 bits per heavy atom. The molecule has 0 atom stereocenters. The topological polar surface area (TPSA) is 114 Å². The van der Waals surface area contributed by atoms with E-state index >= 15 is 0 Å². The number of hydrogen-bond donors (Lipinski definition) is 3.